The van der Waals surface area contributed by atoms with Crippen molar-refractivity contribution in [3.8, 4) is 5.69 Å². The average molecular weight is 356 g/mol. The smallest absolute Gasteiger partial charge is 0.259 e. The molecule has 7 nitrogen and oxygen atoms in total. The van der Waals surface area contributed by atoms with Crippen LogP contribution in [-0.4, -0.2) is 43.9 Å². The number of anilines is 2. The molecule has 2 aromatic heterocycles. The Hall–Kier alpha value is -2.74. The van der Waals surface area contributed by atoms with Crippen molar-refractivity contribution in [1.29, 1.82) is 0 Å². The van der Waals surface area contributed by atoms with Gasteiger partial charge in [0.05, 0.1) is 11.9 Å². The molecule has 130 valence electrons. The Morgan fingerprint density at radius 2 is 1.92 bits per heavy atom. The van der Waals surface area contributed by atoms with E-state index in [0.29, 0.717) is 29.6 Å². The topological polar surface area (TPSA) is 75.9 Å². The number of aryl methyl sites for hydroxylation is 1. The second-order valence-corrected chi connectivity index (χ2v) is 6.56. The lowest BCUT2D eigenvalue weighted by atomic mass is 10.2. The number of carbonyl (C=O) groups is 1. The van der Waals surface area contributed by atoms with E-state index < -0.39 is 0 Å². The van der Waals surface area contributed by atoms with Gasteiger partial charge in [-0.15, -0.1) is 10.2 Å². The largest absolute Gasteiger partial charge is 0.339 e. The number of carbonyl (C=O) groups excluding carboxylic acids is 1. The van der Waals surface area contributed by atoms with Gasteiger partial charge < -0.3 is 10.2 Å². The summed E-state index contributed by atoms with van der Waals surface area (Å²) in [4.78, 5) is 14.6. The van der Waals surface area contributed by atoms with Crippen LogP contribution in [-0.2, 0) is 0 Å². The number of hydrogen-bond acceptors (Lipinski definition) is 6. The van der Waals surface area contributed by atoms with Gasteiger partial charge in [0.1, 0.15) is 16.4 Å². The SMILES string of the molecule is CCN(CC)C(=O)c1cnn(-c2ccccc2)c1Nc1nnc(C)s1. The molecule has 0 aliphatic heterocycles. The molecule has 0 unspecified atom stereocenters. The Bertz CT molecular complexity index is 853. The van der Waals surface area contributed by atoms with Gasteiger partial charge in [0, 0.05) is 13.1 Å². The average Bonchev–Trinajstić information content (AvgIpc) is 3.23. The normalized spacial score (nSPS) is 10.7. The van der Waals surface area contributed by atoms with Gasteiger partial charge in [-0.2, -0.15) is 5.10 Å². The molecule has 2 heterocycles. The quantitative estimate of drug-likeness (QED) is 0.734. The molecule has 3 rings (SSSR count). The molecule has 0 spiro atoms. The fourth-order valence-electron chi connectivity index (χ4n) is 2.52. The molecule has 0 atom stereocenters. The van der Waals surface area contributed by atoms with Crippen molar-refractivity contribution in [2.45, 2.75) is 20.8 Å². The number of benzene rings is 1. The molecule has 0 aliphatic rings. The molecule has 1 N–H and O–H groups in total. The maximum Gasteiger partial charge on any atom is 0.259 e. The molecular formula is C17H20N6OS. The Kier molecular flexibility index (Phi) is 5.08. The minimum Gasteiger partial charge on any atom is -0.339 e. The van der Waals surface area contributed by atoms with Gasteiger partial charge in [-0.25, -0.2) is 4.68 Å². The Labute approximate surface area is 150 Å². The van der Waals surface area contributed by atoms with Crippen LogP contribution >= 0.6 is 11.3 Å². The van der Waals surface area contributed by atoms with Crippen molar-refractivity contribution in [1.82, 2.24) is 24.9 Å². The lowest BCUT2D eigenvalue weighted by molar-refractivity contribution is 0.0774. The first kappa shape index (κ1) is 17.1. The highest BCUT2D eigenvalue weighted by atomic mass is 32.1. The zero-order valence-corrected chi connectivity index (χ0v) is 15.2. The maximum absolute atomic E-state index is 12.9. The van der Waals surface area contributed by atoms with Crippen molar-refractivity contribution >= 4 is 28.2 Å². The van der Waals surface area contributed by atoms with Crippen LogP contribution in [0.3, 0.4) is 0 Å². The van der Waals surface area contributed by atoms with Crippen LogP contribution in [0, 0.1) is 6.92 Å². The number of nitrogens with zero attached hydrogens (tertiary/aromatic N) is 5. The van der Waals surface area contributed by atoms with Crippen LogP contribution in [0.4, 0.5) is 10.9 Å². The summed E-state index contributed by atoms with van der Waals surface area (Å²) in [6, 6.07) is 9.68. The van der Waals surface area contributed by atoms with Crippen molar-refractivity contribution in [2.75, 3.05) is 18.4 Å². The molecule has 0 fully saturated rings. The highest BCUT2D eigenvalue weighted by Gasteiger charge is 2.23. The van der Waals surface area contributed by atoms with Gasteiger partial charge in [0.25, 0.3) is 5.91 Å². The van der Waals surface area contributed by atoms with E-state index in [2.05, 4.69) is 20.6 Å². The van der Waals surface area contributed by atoms with Crippen LogP contribution in [0.5, 0.6) is 0 Å². The summed E-state index contributed by atoms with van der Waals surface area (Å²) in [5.41, 5.74) is 1.38. The number of aromatic nitrogens is 4. The highest BCUT2D eigenvalue weighted by Crippen LogP contribution is 2.27. The molecule has 0 saturated carbocycles. The fraction of sp³-hybridized carbons (Fsp3) is 0.294. The van der Waals surface area contributed by atoms with Gasteiger partial charge in [-0.05, 0) is 32.9 Å². The van der Waals surface area contributed by atoms with Crippen LogP contribution in [0.2, 0.25) is 0 Å². The van der Waals surface area contributed by atoms with Gasteiger partial charge in [0.2, 0.25) is 5.13 Å². The van der Waals surface area contributed by atoms with Crippen molar-refractivity contribution < 1.29 is 4.79 Å². The first-order chi connectivity index (χ1) is 12.1. The molecule has 8 heteroatoms. The molecule has 0 bridgehead atoms. The maximum atomic E-state index is 12.9. The van der Waals surface area contributed by atoms with Crippen LogP contribution in [0.1, 0.15) is 29.2 Å². The lowest BCUT2D eigenvalue weighted by Gasteiger charge is -2.19. The molecule has 1 aromatic carbocycles. The second kappa shape index (κ2) is 7.43. The number of para-hydroxylation sites is 1. The Morgan fingerprint density at radius 1 is 1.20 bits per heavy atom. The van der Waals surface area contributed by atoms with Gasteiger partial charge in [0.15, 0.2) is 0 Å². The number of rotatable bonds is 6. The summed E-state index contributed by atoms with van der Waals surface area (Å²) in [5, 5.41) is 17.3. The molecule has 0 aliphatic carbocycles. The van der Waals surface area contributed by atoms with E-state index in [4.69, 9.17) is 0 Å². The monoisotopic (exact) mass is 356 g/mol. The van der Waals surface area contributed by atoms with Crippen molar-refractivity contribution in [2.24, 2.45) is 0 Å². The van der Waals surface area contributed by atoms with Gasteiger partial charge >= 0.3 is 0 Å². The summed E-state index contributed by atoms with van der Waals surface area (Å²) < 4.78 is 1.72. The molecular weight excluding hydrogens is 336 g/mol. The first-order valence-electron chi connectivity index (χ1n) is 8.13. The summed E-state index contributed by atoms with van der Waals surface area (Å²) in [6.07, 6.45) is 1.60. The molecule has 25 heavy (non-hydrogen) atoms. The Morgan fingerprint density at radius 3 is 2.52 bits per heavy atom. The van der Waals surface area contributed by atoms with Gasteiger partial charge in [-0.1, -0.05) is 29.5 Å². The van der Waals surface area contributed by atoms with Gasteiger partial charge in [-0.3, -0.25) is 4.79 Å². The number of amides is 1. The predicted octanol–water partition coefficient (Wildman–Crippen LogP) is 3.26. The van der Waals surface area contributed by atoms with E-state index in [0.717, 1.165) is 10.7 Å². The third kappa shape index (κ3) is 3.53. The third-order valence-electron chi connectivity index (χ3n) is 3.80. The van der Waals surface area contributed by atoms with Crippen molar-refractivity contribution in [3.05, 3.63) is 47.1 Å². The van der Waals surface area contributed by atoms with Crippen LogP contribution in [0.25, 0.3) is 5.69 Å². The third-order valence-corrected chi connectivity index (χ3v) is 4.56. The molecule has 3 aromatic rings. The lowest BCUT2D eigenvalue weighted by Crippen LogP contribution is -2.30. The number of hydrogen-bond donors (Lipinski definition) is 1. The standard InChI is InChI=1S/C17H20N6OS/c1-4-22(5-2)16(24)14-11-18-23(13-9-7-6-8-10-13)15(14)19-17-21-20-12(3)25-17/h6-11H,4-5H2,1-3H3,(H,19,21). The Balaban J connectivity index is 2.06. The minimum atomic E-state index is -0.0593. The van der Waals surface area contributed by atoms with E-state index >= 15 is 0 Å². The number of nitrogens with one attached hydrogen (secondary N) is 1. The summed E-state index contributed by atoms with van der Waals surface area (Å²) in [5.74, 6) is 0.537. The van der Waals surface area contributed by atoms with Crippen LogP contribution in [0.15, 0.2) is 36.5 Å². The molecule has 0 saturated heterocycles. The first-order valence-corrected chi connectivity index (χ1v) is 8.95. The predicted molar refractivity (Wildman–Crippen MR) is 98.7 cm³/mol. The van der Waals surface area contributed by atoms with E-state index in [-0.39, 0.29) is 5.91 Å². The summed E-state index contributed by atoms with van der Waals surface area (Å²) >= 11 is 1.43. The van der Waals surface area contributed by atoms with E-state index in [1.165, 1.54) is 11.3 Å². The minimum absolute atomic E-state index is 0.0593. The fourth-order valence-corrected chi connectivity index (χ4v) is 3.11. The molecule has 1 amide bonds. The van der Waals surface area contributed by atoms with Crippen LogP contribution < -0.4 is 5.32 Å². The second-order valence-electron chi connectivity index (χ2n) is 5.38. The van der Waals surface area contributed by atoms with E-state index in [9.17, 15) is 4.79 Å². The zero-order chi connectivity index (χ0) is 17.8. The van der Waals surface area contributed by atoms with E-state index in [1.807, 2.05) is 51.1 Å². The summed E-state index contributed by atoms with van der Waals surface area (Å²) in [7, 11) is 0. The zero-order valence-electron chi connectivity index (χ0n) is 14.4. The van der Waals surface area contributed by atoms with E-state index in [1.54, 1.807) is 15.8 Å². The summed E-state index contributed by atoms with van der Waals surface area (Å²) in [6.45, 7) is 7.10. The molecule has 0 radical (unpaired) electrons. The van der Waals surface area contributed by atoms with Crippen molar-refractivity contribution in [3.63, 3.8) is 0 Å². The highest BCUT2D eigenvalue weighted by molar-refractivity contribution is 7.15.